The van der Waals surface area contributed by atoms with Gasteiger partial charge in [-0.3, -0.25) is 0 Å². The van der Waals surface area contributed by atoms with E-state index in [0.29, 0.717) is 30.8 Å². The fraction of sp³-hybridized carbons (Fsp3) is 0.692. The third-order valence-electron chi connectivity index (χ3n) is 3.14. The summed E-state index contributed by atoms with van der Waals surface area (Å²) in [5.74, 6) is 2.50. The van der Waals surface area contributed by atoms with Crippen molar-refractivity contribution in [3.63, 3.8) is 0 Å². The lowest BCUT2D eigenvalue weighted by Crippen LogP contribution is -2.23. The fourth-order valence-electron chi connectivity index (χ4n) is 2.07. The Hall–Kier alpha value is -1.40. The van der Waals surface area contributed by atoms with E-state index in [1.54, 1.807) is 6.07 Å². The molecule has 1 aromatic rings. The molecular weight excluding hydrogens is 244 g/mol. The minimum absolute atomic E-state index is 0.396. The third-order valence-corrected chi connectivity index (χ3v) is 3.14. The number of nitrogens with zero attached hydrogens (tertiary/aromatic N) is 2. The van der Waals surface area contributed by atoms with Gasteiger partial charge in [0, 0.05) is 32.4 Å². The van der Waals surface area contributed by atoms with Gasteiger partial charge in [-0.05, 0) is 25.7 Å². The molecule has 1 aromatic heterocycles. The van der Waals surface area contributed by atoms with Crippen LogP contribution in [0.25, 0.3) is 0 Å². The Labute approximate surface area is 113 Å². The Morgan fingerprint density at radius 3 is 2.95 bits per heavy atom. The second-order valence-electron chi connectivity index (χ2n) is 4.67. The predicted octanol–water partition coefficient (Wildman–Crippen LogP) is 1.43. The van der Waals surface area contributed by atoms with Gasteiger partial charge in [-0.15, -0.1) is 0 Å². The number of nitrogens with one attached hydrogen (secondary N) is 1. The van der Waals surface area contributed by atoms with Crippen LogP contribution >= 0.6 is 0 Å². The topological polar surface area (TPSA) is 82.3 Å². The number of rotatable bonds is 6. The molecule has 0 unspecified atom stereocenters. The number of hydrogen-bond donors (Lipinski definition) is 2. The van der Waals surface area contributed by atoms with Crippen LogP contribution in [0.3, 0.4) is 0 Å². The predicted molar refractivity (Wildman–Crippen MR) is 73.8 cm³/mol. The Morgan fingerprint density at radius 1 is 1.42 bits per heavy atom. The van der Waals surface area contributed by atoms with Gasteiger partial charge in [-0.25, -0.2) is 9.97 Å². The highest BCUT2D eigenvalue weighted by Gasteiger charge is 2.13. The average molecular weight is 266 g/mol. The molecular formula is C13H22N4O2. The molecule has 3 N–H and O–H groups in total. The lowest BCUT2D eigenvalue weighted by Gasteiger charge is -2.22. The van der Waals surface area contributed by atoms with E-state index in [9.17, 15) is 0 Å². The van der Waals surface area contributed by atoms with Gasteiger partial charge in [0.2, 0.25) is 0 Å². The van der Waals surface area contributed by atoms with Crippen molar-refractivity contribution in [3.8, 4) is 0 Å². The number of aromatic nitrogens is 2. The van der Waals surface area contributed by atoms with Gasteiger partial charge < -0.3 is 20.5 Å². The maximum absolute atomic E-state index is 5.77. The average Bonchev–Trinajstić information content (AvgIpc) is 2.43. The molecule has 2 heterocycles. The summed E-state index contributed by atoms with van der Waals surface area (Å²) in [6, 6.07) is 1.76. The van der Waals surface area contributed by atoms with E-state index in [1.165, 1.54) is 0 Å². The van der Waals surface area contributed by atoms with Gasteiger partial charge in [0.15, 0.2) is 5.82 Å². The Morgan fingerprint density at radius 2 is 2.21 bits per heavy atom. The smallest absolute Gasteiger partial charge is 0.158 e. The third kappa shape index (κ3) is 4.65. The van der Waals surface area contributed by atoms with Crippen LogP contribution in [0.15, 0.2) is 6.07 Å². The van der Waals surface area contributed by atoms with Crippen LogP contribution in [-0.2, 0) is 16.1 Å². The van der Waals surface area contributed by atoms with Crippen molar-refractivity contribution in [1.29, 1.82) is 0 Å². The van der Waals surface area contributed by atoms with Gasteiger partial charge in [0.1, 0.15) is 18.2 Å². The highest BCUT2D eigenvalue weighted by molar-refractivity contribution is 5.44. The number of hydrogen-bond acceptors (Lipinski definition) is 6. The summed E-state index contributed by atoms with van der Waals surface area (Å²) in [6.45, 7) is 5.59. The summed E-state index contributed by atoms with van der Waals surface area (Å²) in [5, 5.41) is 3.33. The summed E-state index contributed by atoms with van der Waals surface area (Å²) in [6.07, 6.45) is 2.19. The van der Waals surface area contributed by atoms with Crippen molar-refractivity contribution in [3.05, 3.63) is 11.9 Å². The van der Waals surface area contributed by atoms with Crippen LogP contribution in [0.1, 0.15) is 25.6 Å². The van der Waals surface area contributed by atoms with Crippen molar-refractivity contribution in [2.45, 2.75) is 26.4 Å². The summed E-state index contributed by atoms with van der Waals surface area (Å²) in [7, 11) is 0. The first-order chi connectivity index (χ1) is 9.28. The van der Waals surface area contributed by atoms with Crippen LogP contribution in [0.5, 0.6) is 0 Å². The first-order valence-corrected chi connectivity index (χ1v) is 6.80. The molecule has 1 saturated heterocycles. The van der Waals surface area contributed by atoms with Crippen LogP contribution in [-0.4, -0.2) is 36.3 Å². The Balaban J connectivity index is 1.89. The van der Waals surface area contributed by atoms with E-state index < -0.39 is 0 Å². The molecule has 0 atom stereocenters. The standard InChI is InChI=1S/C13H22N4O2/c1-2-18-9-13-16-11(14)7-12(17-13)15-8-10-3-5-19-6-4-10/h7,10H,2-6,8-9H2,1H3,(H3,14,15,16,17). The molecule has 0 aliphatic carbocycles. The Bertz CT molecular complexity index is 394. The first kappa shape index (κ1) is 14.0. The molecule has 6 nitrogen and oxygen atoms in total. The van der Waals surface area contributed by atoms with Crippen molar-refractivity contribution in [2.24, 2.45) is 5.92 Å². The molecule has 1 aliphatic heterocycles. The minimum atomic E-state index is 0.396. The highest BCUT2D eigenvalue weighted by Crippen LogP contribution is 2.16. The number of ether oxygens (including phenoxy) is 2. The van der Waals surface area contributed by atoms with Crippen LogP contribution < -0.4 is 11.1 Å². The monoisotopic (exact) mass is 266 g/mol. The molecule has 0 aromatic carbocycles. The summed E-state index contributed by atoms with van der Waals surface area (Å²) < 4.78 is 10.6. The second-order valence-corrected chi connectivity index (χ2v) is 4.67. The SMILES string of the molecule is CCOCc1nc(N)cc(NCC2CCOCC2)n1. The van der Waals surface area contributed by atoms with E-state index in [-0.39, 0.29) is 0 Å². The van der Waals surface area contributed by atoms with E-state index in [0.717, 1.165) is 38.4 Å². The zero-order valence-corrected chi connectivity index (χ0v) is 11.4. The van der Waals surface area contributed by atoms with E-state index in [2.05, 4.69) is 15.3 Å². The minimum Gasteiger partial charge on any atom is -0.384 e. The summed E-state index contributed by atoms with van der Waals surface area (Å²) in [5.41, 5.74) is 5.77. The molecule has 19 heavy (non-hydrogen) atoms. The van der Waals surface area contributed by atoms with Crippen molar-refractivity contribution in [2.75, 3.05) is 37.4 Å². The van der Waals surface area contributed by atoms with Gasteiger partial charge in [0.05, 0.1) is 0 Å². The van der Waals surface area contributed by atoms with Gasteiger partial charge in [-0.1, -0.05) is 0 Å². The van der Waals surface area contributed by atoms with Crippen molar-refractivity contribution in [1.82, 2.24) is 9.97 Å². The van der Waals surface area contributed by atoms with Gasteiger partial charge in [-0.2, -0.15) is 0 Å². The largest absolute Gasteiger partial charge is 0.384 e. The summed E-state index contributed by atoms with van der Waals surface area (Å²) >= 11 is 0. The highest BCUT2D eigenvalue weighted by atomic mass is 16.5. The van der Waals surface area contributed by atoms with E-state index >= 15 is 0 Å². The van der Waals surface area contributed by atoms with Crippen LogP contribution in [0, 0.1) is 5.92 Å². The Kier molecular flexibility index (Phi) is 5.35. The first-order valence-electron chi connectivity index (χ1n) is 6.80. The molecule has 0 radical (unpaired) electrons. The van der Waals surface area contributed by atoms with Crippen molar-refractivity contribution >= 4 is 11.6 Å². The maximum Gasteiger partial charge on any atom is 0.158 e. The fourth-order valence-corrected chi connectivity index (χ4v) is 2.07. The normalized spacial score (nSPS) is 16.5. The molecule has 0 spiro atoms. The van der Waals surface area contributed by atoms with Gasteiger partial charge in [0.25, 0.3) is 0 Å². The second kappa shape index (κ2) is 7.25. The van der Waals surface area contributed by atoms with Crippen molar-refractivity contribution < 1.29 is 9.47 Å². The zero-order valence-electron chi connectivity index (χ0n) is 11.4. The molecule has 6 heteroatoms. The van der Waals surface area contributed by atoms with E-state index in [4.69, 9.17) is 15.2 Å². The zero-order chi connectivity index (χ0) is 13.5. The van der Waals surface area contributed by atoms with E-state index in [1.807, 2.05) is 6.92 Å². The quantitative estimate of drug-likeness (QED) is 0.810. The summed E-state index contributed by atoms with van der Waals surface area (Å²) in [4.78, 5) is 8.54. The molecule has 1 fully saturated rings. The van der Waals surface area contributed by atoms with Crippen LogP contribution in [0.4, 0.5) is 11.6 Å². The van der Waals surface area contributed by atoms with Gasteiger partial charge >= 0.3 is 0 Å². The number of anilines is 2. The van der Waals surface area contributed by atoms with Crippen LogP contribution in [0.2, 0.25) is 0 Å². The molecule has 2 rings (SSSR count). The molecule has 0 bridgehead atoms. The molecule has 106 valence electrons. The number of nitrogen functional groups attached to an aromatic ring is 1. The lowest BCUT2D eigenvalue weighted by atomic mass is 10.0. The number of nitrogens with two attached hydrogens (primary N) is 1. The molecule has 0 amide bonds. The molecule has 1 aliphatic rings. The lowest BCUT2D eigenvalue weighted by molar-refractivity contribution is 0.0699. The molecule has 0 saturated carbocycles. The maximum atomic E-state index is 5.77.